The summed E-state index contributed by atoms with van der Waals surface area (Å²) in [5.41, 5.74) is 1.29. The molecule has 17 heavy (non-hydrogen) atoms. The lowest BCUT2D eigenvalue weighted by atomic mass is 10.3. The van der Waals surface area contributed by atoms with Crippen LogP contribution in [0.4, 0.5) is 0 Å². The number of nitrogens with one attached hydrogen (secondary N) is 2. The Hall–Kier alpha value is -1.74. The lowest BCUT2D eigenvalue weighted by Crippen LogP contribution is -2.16. The molecule has 0 aliphatic rings. The summed E-state index contributed by atoms with van der Waals surface area (Å²) in [5, 5.41) is 3.37. The van der Waals surface area contributed by atoms with Crippen LogP contribution in [0.15, 0.2) is 48.8 Å². The van der Waals surface area contributed by atoms with Gasteiger partial charge in [0, 0.05) is 18.9 Å². The van der Waals surface area contributed by atoms with Gasteiger partial charge in [-0.15, -0.1) is 0 Å². The van der Waals surface area contributed by atoms with Gasteiger partial charge in [-0.05, 0) is 36.7 Å². The van der Waals surface area contributed by atoms with E-state index in [1.54, 1.807) is 0 Å². The van der Waals surface area contributed by atoms with E-state index < -0.39 is 0 Å². The summed E-state index contributed by atoms with van der Waals surface area (Å²) in [6.45, 7) is 2.64. The van der Waals surface area contributed by atoms with Crippen molar-refractivity contribution in [2.45, 2.75) is 13.0 Å². The first-order valence-electron chi connectivity index (χ1n) is 5.95. The average molecular weight is 230 g/mol. The van der Waals surface area contributed by atoms with Crippen LogP contribution in [0.2, 0.25) is 0 Å². The van der Waals surface area contributed by atoms with Crippen LogP contribution in [0.5, 0.6) is 5.75 Å². The van der Waals surface area contributed by atoms with Gasteiger partial charge in [-0.3, -0.25) is 0 Å². The SMILES string of the molecule is c1ccc(OCCCNCc2cc[nH]c2)cc1. The number of aromatic nitrogens is 1. The second kappa shape index (κ2) is 6.76. The Morgan fingerprint density at radius 3 is 2.76 bits per heavy atom. The molecular weight excluding hydrogens is 212 g/mol. The minimum absolute atomic E-state index is 0.754. The Kier molecular flexibility index (Phi) is 4.67. The molecule has 2 N–H and O–H groups in total. The Morgan fingerprint density at radius 2 is 2.00 bits per heavy atom. The third kappa shape index (κ3) is 4.33. The monoisotopic (exact) mass is 230 g/mol. The lowest BCUT2D eigenvalue weighted by molar-refractivity contribution is 0.308. The highest BCUT2D eigenvalue weighted by Crippen LogP contribution is 2.08. The van der Waals surface area contributed by atoms with Gasteiger partial charge in [0.25, 0.3) is 0 Å². The van der Waals surface area contributed by atoms with Crippen LogP contribution in [0.1, 0.15) is 12.0 Å². The average Bonchev–Trinajstić information content (AvgIpc) is 2.88. The van der Waals surface area contributed by atoms with Crippen LogP contribution in [-0.4, -0.2) is 18.1 Å². The fraction of sp³-hybridized carbons (Fsp3) is 0.286. The Morgan fingerprint density at radius 1 is 1.12 bits per heavy atom. The molecule has 0 spiro atoms. The van der Waals surface area contributed by atoms with E-state index in [4.69, 9.17) is 4.74 Å². The Balaban J connectivity index is 1.52. The zero-order valence-electron chi connectivity index (χ0n) is 9.86. The van der Waals surface area contributed by atoms with Crippen molar-refractivity contribution in [1.29, 1.82) is 0 Å². The molecule has 0 atom stereocenters. The predicted octanol–water partition coefficient (Wildman–Crippen LogP) is 2.57. The van der Waals surface area contributed by atoms with Crippen LogP contribution in [-0.2, 0) is 6.54 Å². The first-order valence-corrected chi connectivity index (χ1v) is 5.95. The van der Waals surface area contributed by atoms with Gasteiger partial charge in [-0.1, -0.05) is 18.2 Å². The normalized spacial score (nSPS) is 10.4. The summed E-state index contributed by atoms with van der Waals surface area (Å²) in [6, 6.07) is 12.0. The van der Waals surface area contributed by atoms with Crippen molar-refractivity contribution in [3.05, 3.63) is 54.4 Å². The van der Waals surface area contributed by atoms with Gasteiger partial charge < -0.3 is 15.0 Å². The maximum Gasteiger partial charge on any atom is 0.119 e. The number of hydrogen-bond donors (Lipinski definition) is 2. The van der Waals surface area contributed by atoms with E-state index in [0.29, 0.717) is 0 Å². The van der Waals surface area contributed by atoms with Gasteiger partial charge in [-0.2, -0.15) is 0 Å². The van der Waals surface area contributed by atoms with Crippen molar-refractivity contribution in [3.63, 3.8) is 0 Å². The molecular formula is C14H18N2O. The van der Waals surface area contributed by atoms with Crippen molar-refractivity contribution < 1.29 is 4.74 Å². The minimum atomic E-state index is 0.754. The molecule has 2 rings (SSSR count). The van der Waals surface area contributed by atoms with E-state index >= 15 is 0 Å². The molecule has 1 aromatic carbocycles. The summed E-state index contributed by atoms with van der Waals surface area (Å²) in [6.07, 6.45) is 4.96. The molecule has 90 valence electrons. The van der Waals surface area contributed by atoms with Crippen LogP contribution < -0.4 is 10.1 Å². The van der Waals surface area contributed by atoms with E-state index in [0.717, 1.165) is 31.9 Å². The van der Waals surface area contributed by atoms with Crippen molar-refractivity contribution in [2.24, 2.45) is 0 Å². The molecule has 3 heteroatoms. The maximum atomic E-state index is 5.60. The fourth-order valence-corrected chi connectivity index (χ4v) is 1.61. The molecule has 3 nitrogen and oxygen atoms in total. The number of ether oxygens (including phenoxy) is 1. The predicted molar refractivity (Wildman–Crippen MR) is 69.1 cm³/mol. The molecule has 0 radical (unpaired) electrons. The third-order valence-corrected chi connectivity index (χ3v) is 2.50. The first kappa shape index (κ1) is 11.7. The zero-order chi connectivity index (χ0) is 11.8. The number of benzene rings is 1. The third-order valence-electron chi connectivity index (χ3n) is 2.50. The summed E-state index contributed by atoms with van der Waals surface area (Å²) in [4.78, 5) is 3.04. The highest BCUT2D eigenvalue weighted by Gasteiger charge is 1.93. The molecule has 0 fully saturated rings. The quantitative estimate of drug-likeness (QED) is 0.717. The molecule has 0 aliphatic heterocycles. The topological polar surface area (TPSA) is 37.0 Å². The van der Waals surface area contributed by atoms with Gasteiger partial charge in [0.2, 0.25) is 0 Å². The minimum Gasteiger partial charge on any atom is -0.494 e. The Bertz CT molecular complexity index is 397. The van der Waals surface area contributed by atoms with Crippen molar-refractivity contribution in [2.75, 3.05) is 13.2 Å². The number of aromatic amines is 1. The summed E-state index contributed by atoms with van der Waals surface area (Å²) < 4.78 is 5.60. The van der Waals surface area contributed by atoms with Gasteiger partial charge in [0.1, 0.15) is 5.75 Å². The zero-order valence-corrected chi connectivity index (χ0v) is 9.86. The fourth-order valence-electron chi connectivity index (χ4n) is 1.61. The van der Waals surface area contributed by atoms with E-state index in [1.807, 2.05) is 42.7 Å². The number of rotatable bonds is 7. The van der Waals surface area contributed by atoms with Gasteiger partial charge in [0.05, 0.1) is 6.61 Å². The Labute approximate surface area is 102 Å². The van der Waals surface area contributed by atoms with Crippen molar-refractivity contribution in [3.8, 4) is 5.75 Å². The van der Waals surface area contributed by atoms with Crippen molar-refractivity contribution >= 4 is 0 Å². The van der Waals surface area contributed by atoms with E-state index in [-0.39, 0.29) is 0 Å². The molecule has 0 bridgehead atoms. The number of para-hydroxylation sites is 1. The molecule has 1 heterocycles. The number of hydrogen-bond acceptors (Lipinski definition) is 2. The molecule has 0 aliphatic carbocycles. The molecule has 0 unspecified atom stereocenters. The highest BCUT2D eigenvalue weighted by atomic mass is 16.5. The standard InChI is InChI=1S/C14H18N2O/c1-2-5-14(6-3-1)17-10-4-8-15-11-13-7-9-16-12-13/h1-3,5-7,9,12,15-16H,4,8,10-11H2. The molecule has 0 saturated carbocycles. The summed E-state index contributed by atoms with van der Waals surface area (Å²) in [7, 11) is 0. The molecule has 0 saturated heterocycles. The van der Waals surface area contributed by atoms with Gasteiger partial charge >= 0.3 is 0 Å². The summed E-state index contributed by atoms with van der Waals surface area (Å²) in [5.74, 6) is 0.943. The van der Waals surface area contributed by atoms with E-state index in [9.17, 15) is 0 Å². The smallest absolute Gasteiger partial charge is 0.119 e. The number of H-pyrrole nitrogens is 1. The van der Waals surface area contributed by atoms with E-state index in [1.165, 1.54) is 5.56 Å². The van der Waals surface area contributed by atoms with Crippen molar-refractivity contribution in [1.82, 2.24) is 10.3 Å². The maximum absolute atomic E-state index is 5.60. The van der Waals surface area contributed by atoms with E-state index in [2.05, 4.69) is 16.4 Å². The van der Waals surface area contributed by atoms with Gasteiger partial charge in [0.15, 0.2) is 0 Å². The summed E-state index contributed by atoms with van der Waals surface area (Å²) >= 11 is 0. The highest BCUT2D eigenvalue weighted by molar-refractivity contribution is 5.20. The second-order valence-electron chi connectivity index (χ2n) is 3.91. The molecule has 2 aromatic rings. The van der Waals surface area contributed by atoms with Gasteiger partial charge in [-0.25, -0.2) is 0 Å². The first-order chi connectivity index (χ1) is 8.45. The molecule has 0 amide bonds. The van der Waals surface area contributed by atoms with Crippen LogP contribution >= 0.6 is 0 Å². The van der Waals surface area contributed by atoms with Crippen LogP contribution in [0.25, 0.3) is 0 Å². The second-order valence-corrected chi connectivity index (χ2v) is 3.91. The largest absolute Gasteiger partial charge is 0.494 e. The molecule has 1 aromatic heterocycles. The van der Waals surface area contributed by atoms with Crippen LogP contribution in [0.3, 0.4) is 0 Å². The lowest BCUT2D eigenvalue weighted by Gasteiger charge is -2.06. The van der Waals surface area contributed by atoms with Crippen LogP contribution in [0, 0.1) is 0 Å².